The smallest absolute Gasteiger partial charge is 0.0444 e. The number of para-hydroxylation sites is 1. The number of benzene rings is 2. The predicted molar refractivity (Wildman–Crippen MR) is 76.2 cm³/mol. The van der Waals surface area contributed by atoms with E-state index in [-0.39, 0.29) is 6.04 Å². The van der Waals surface area contributed by atoms with Crippen LogP contribution in [0.1, 0.15) is 24.1 Å². The van der Waals surface area contributed by atoms with Crippen molar-refractivity contribution in [1.29, 1.82) is 0 Å². The largest absolute Gasteiger partial charge is 0.341 e. The quantitative estimate of drug-likeness (QED) is 0.868. The second kappa shape index (κ2) is 4.46. The molecule has 0 aliphatic carbocycles. The topological polar surface area (TPSA) is 29.3 Å². The second-order valence-electron chi connectivity index (χ2n) is 4.91. The molecule has 2 aromatic rings. The summed E-state index contributed by atoms with van der Waals surface area (Å²) in [6.07, 6.45) is 1.13. The highest BCUT2D eigenvalue weighted by atomic mass is 15.2. The van der Waals surface area contributed by atoms with Gasteiger partial charge in [-0.15, -0.1) is 0 Å². The van der Waals surface area contributed by atoms with Gasteiger partial charge in [-0.05, 0) is 42.7 Å². The van der Waals surface area contributed by atoms with Crippen LogP contribution in [0.3, 0.4) is 0 Å². The third-order valence-corrected chi connectivity index (χ3v) is 3.62. The third kappa shape index (κ3) is 1.89. The summed E-state index contributed by atoms with van der Waals surface area (Å²) in [4.78, 5) is 2.38. The Morgan fingerprint density at radius 3 is 2.50 bits per heavy atom. The molecule has 1 aliphatic heterocycles. The van der Waals surface area contributed by atoms with Crippen LogP contribution in [0.4, 0.5) is 11.4 Å². The van der Waals surface area contributed by atoms with E-state index in [0.717, 1.165) is 13.0 Å². The van der Waals surface area contributed by atoms with Gasteiger partial charge in [-0.1, -0.05) is 30.3 Å². The molecular weight excluding hydrogens is 220 g/mol. The first-order chi connectivity index (χ1) is 8.75. The molecule has 2 aromatic carbocycles. The number of nitrogens with zero attached hydrogens (tertiary/aromatic N) is 1. The summed E-state index contributed by atoms with van der Waals surface area (Å²) in [5, 5.41) is 0. The second-order valence-corrected chi connectivity index (χ2v) is 4.91. The Morgan fingerprint density at radius 1 is 1.06 bits per heavy atom. The highest BCUT2D eigenvalue weighted by molar-refractivity contribution is 5.69. The van der Waals surface area contributed by atoms with Crippen LogP contribution in [0.2, 0.25) is 0 Å². The Balaban J connectivity index is 1.93. The van der Waals surface area contributed by atoms with E-state index in [0.29, 0.717) is 0 Å². The van der Waals surface area contributed by atoms with Crippen LogP contribution >= 0.6 is 0 Å². The van der Waals surface area contributed by atoms with E-state index in [1.54, 1.807) is 0 Å². The molecule has 2 heteroatoms. The fourth-order valence-corrected chi connectivity index (χ4v) is 2.56. The lowest BCUT2D eigenvalue weighted by Gasteiger charge is -2.20. The summed E-state index contributed by atoms with van der Waals surface area (Å²) >= 11 is 0. The van der Waals surface area contributed by atoms with Crippen molar-refractivity contribution in [3.05, 3.63) is 59.7 Å². The van der Waals surface area contributed by atoms with Crippen LogP contribution < -0.4 is 10.6 Å². The minimum absolute atomic E-state index is 0.102. The average molecular weight is 238 g/mol. The molecule has 18 heavy (non-hydrogen) atoms. The van der Waals surface area contributed by atoms with Crippen molar-refractivity contribution < 1.29 is 0 Å². The minimum atomic E-state index is 0.102. The lowest BCUT2D eigenvalue weighted by molar-refractivity contribution is 0.818. The van der Waals surface area contributed by atoms with Gasteiger partial charge >= 0.3 is 0 Å². The molecule has 0 bridgehead atoms. The van der Waals surface area contributed by atoms with Gasteiger partial charge in [0, 0.05) is 24.0 Å². The Morgan fingerprint density at radius 2 is 1.78 bits per heavy atom. The van der Waals surface area contributed by atoms with Gasteiger partial charge in [-0.3, -0.25) is 0 Å². The number of rotatable bonds is 2. The summed E-state index contributed by atoms with van der Waals surface area (Å²) < 4.78 is 0. The number of hydrogen-bond acceptors (Lipinski definition) is 2. The molecule has 1 atom stereocenters. The van der Waals surface area contributed by atoms with E-state index in [4.69, 9.17) is 5.73 Å². The van der Waals surface area contributed by atoms with Gasteiger partial charge in [0.15, 0.2) is 0 Å². The number of fused-ring (bicyclic) bond motifs is 1. The summed E-state index contributed by atoms with van der Waals surface area (Å²) in [5.41, 5.74) is 11.1. The molecular formula is C16H18N2. The molecule has 0 aromatic heterocycles. The molecule has 1 heterocycles. The van der Waals surface area contributed by atoms with Crippen LogP contribution in [0.5, 0.6) is 0 Å². The molecule has 0 saturated carbocycles. The molecule has 2 N–H and O–H groups in total. The summed E-state index contributed by atoms with van der Waals surface area (Å²) in [7, 11) is 0. The fraction of sp³-hybridized carbons (Fsp3) is 0.250. The standard InChI is InChI=1S/C16H18N2/c1-12(17)13-6-8-15(9-7-13)18-11-10-14-4-2-3-5-16(14)18/h2-9,12H,10-11,17H2,1H3/t12-/m1/s1. The van der Waals surface area contributed by atoms with Crippen molar-refractivity contribution >= 4 is 11.4 Å². The molecule has 1 aliphatic rings. The molecule has 0 radical (unpaired) electrons. The van der Waals surface area contributed by atoms with E-state index in [2.05, 4.69) is 53.4 Å². The van der Waals surface area contributed by atoms with Gasteiger partial charge in [0.1, 0.15) is 0 Å². The van der Waals surface area contributed by atoms with Crippen molar-refractivity contribution in [2.75, 3.05) is 11.4 Å². The van der Waals surface area contributed by atoms with Crippen LogP contribution in [-0.4, -0.2) is 6.54 Å². The van der Waals surface area contributed by atoms with E-state index in [1.807, 2.05) is 6.92 Å². The zero-order chi connectivity index (χ0) is 12.5. The van der Waals surface area contributed by atoms with Gasteiger partial charge in [0.2, 0.25) is 0 Å². The van der Waals surface area contributed by atoms with Crippen molar-refractivity contribution in [3.63, 3.8) is 0 Å². The van der Waals surface area contributed by atoms with E-state index in [9.17, 15) is 0 Å². The SMILES string of the molecule is C[C@@H](N)c1ccc(N2CCc3ccccc32)cc1. The van der Waals surface area contributed by atoms with Crippen LogP contribution in [0.25, 0.3) is 0 Å². The summed E-state index contributed by atoms with van der Waals surface area (Å²) in [5.74, 6) is 0. The first-order valence-corrected chi connectivity index (χ1v) is 6.47. The van der Waals surface area contributed by atoms with Crippen LogP contribution in [0, 0.1) is 0 Å². The van der Waals surface area contributed by atoms with E-state index in [1.165, 1.54) is 22.5 Å². The van der Waals surface area contributed by atoms with Crippen molar-refractivity contribution in [2.45, 2.75) is 19.4 Å². The first kappa shape index (κ1) is 11.3. The van der Waals surface area contributed by atoms with Crippen molar-refractivity contribution in [3.8, 4) is 0 Å². The molecule has 0 amide bonds. The first-order valence-electron chi connectivity index (χ1n) is 6.47. The van der Waals surface area contributed by atoms with Crippen LogP contribution in [0.15, 0.2) is 48.5 Å². The third-order valence-electron chi connectivity index (χ3n) is 3.62. The predicted octanol–water partition coefficient (Wildman–Crippen LogP) is 3.40. The monoisotopic (exact) mass is 238 g/mol. The molecule has 92 valence electrons. The minimum Gasteiger partial charge on any atom is -0.341 e. The lowest BCUT2D eigenvalue weighted by Crippen LogP contribution is -2.13. The summed E-state index contributed by atoms with van der Waals surface area (Å²) in [6, 6.07) is 17.3. The molecule has 0 spiro atoms. The van der Waals surface area contributed by atoms with Crippen molar-refractivity contribution in [2.24, 2.45) is 5.73 Å². The van der Waals surface area contributed by atoms with Gasteiger partial charge in [-0.2, -0.15) is 0 Å². The average Bonchev–Trinajstić information content (AvgIpc) is 2.82. The Labute approximate surface area is 108 Å². The van der Waals surface area contributed by atoms with E-state index >= 15 is 0 Å². The molecule has 0 saturated heterocycles. The molecule has 3 rings (SSSR count). The van der Waals surface area contributed by atoms with Crippen LogP contribution in [-0.2, 0) is 6.42 Å². The Bertz CT molecular complexity index is 543. The molecule has 2 nitrogen and oxygen atoms in total. The Hall–Kier alpha value is -1.80. The van der Waals surface area contributed by atoms with Gasteiger partial charge in [0.25, 0.3) is 0 Å². The van der Waals surface area contributed by atoms with Gasteiger partial charge in [0.05, 0.1) is 0 Å². The summed E-state index contributed by atoms with van der Waals surface area (Å²) in [6.45, 7) is 3.08. The van der Waals surface area contributed by atoms with Crippen molar-refractivity contribution in [1.82, 2.24) is 0 Å². The zero-order valence-corrected chi connectivity index (χ0v) is 10.6. The highest BCUT2D eigenvalue weighted by Gasteiger charge is 2.19. The highest BCUT2D eigenvalue weighted by Crippen LogP contribution is 2.34. The lowest BCUT2D eigenvalue weighted by atomic mass is 10.1. The molecule has 0 unspecified atom stereocenters. The Kier molecular flexibility index (Phi) is 2.80. The fourth-order valence-electron chi connectivity index (χ4n) is 2.56. The zero-order valence-electron chi connectivity index (χ0n) is 10.6. The maximum atomic E-state index is 5.88. The number of nitrogens with two attached hydrogens (primary N) is 1. The van der Waals surface area contributed by atoms with E-state index < -0.39 is 0 Å². The number of anilines is 2. The maximum Gasteiger partial charge on any atom is 0.0444 e. The number of hydrogen-bond donors (Lipinski definition) is 1. The molecule has 0 fully saturated rings. The normalized spacial score (nSPS) is 15.6. The maximum absolute atomic E-state index is 5.88. The van der Waals surface area contributed by atoms with Gasteiger partial charge < -0.3 is 10.6 Å². The van der Waals surface area contributed by atoms with Gasteiger partial charge in [-0.25, -0.2) is 0 Å².